The number of hydrogen-bond donors (Lipinski definition) is 3. The van der Waals surface area contributed by atoms with E-state index in [1.807, 2.05) is 51.1 Å². The number of anilines is 3. The number of unbranched alkanes of at least 4 members (excludes halogenated alkanes) is 1. The van der Waals surface area contributed by atoms with E-state index in [0.29, 0.717) is 42.0 Å². The van der Waals surface area contributed by atoms with Crippen molar-refractivity contribution >= 4 is 41.2 Å². The predicted molar refractivity (Wildman–Crippen MR) is 183 cm³/mol. The maximum absolute atomic E-state index is 14.8. The summed E-state index contributed by atoms with van der Waals surface area (Å²) in [4.78, 5) is 28.3. The average molecular weight is 643 g/mol. The van der Waals surface area contributed by atoms with Crippen molar-refractivity contribution in [1.82, 2.24) is 0 Å². The SMILES string of the molecule is COC(=O)Nc1c(C)cc(NCc2ccc(F)c(CCCCc3cc(/N=C/c4ccc(F)cc4)cc(C)c3NC(=O)OC)c2)cc1C. The summed E-state index contributed by atoms with van der Waals surface area (Å²) in [7, 11) is 2.63. The van der Waals surface area contributed by atoms with Gasteiger partial charge in [-0.15, -0.1) is 0 Å². The molecule has 0 aromatic heterocycles. The van der Waals surface area contributed by atoms with Crippen LogP contribution in [-0.2, 0) is 28.9 Å². The zero-order valence-corrected chi connectivity index (χ0v) is 27.3. The van der Waals surface area contributed by atoms with Gasteiger partial charge < -0.3 is 14.8 Å². The smallest absolute Gasteiger partial charge is 0.411 e. The lowest BCUT2D eigenvalue weighted by Gasteiger charge is -2.15. The van der Waals surface area contributed by atoms with Gasteiger partial charge in [-0.2, -0.15) is 0 Å². The summed E-state index contributed by atoms with van der Waals surface area (Å²) < 4.78 is 37.6. The minimum atomic E-state index is -0.566. The number of nitrogens with zero attached hydrogens (tertiary/aromatic N) is 1. The van der Waals surface area contributed by atoms with Crippen LogP contribution in [0.2, 0.25) is 0 Å². The Balaban J connectivity index is 1.40. The number of nitrogens with one attached hydrogen (secondary N) is 3. The quantitative estimate of drug-likeness (QED) is 0.106. The van der Waals surface area contributed by atoms with Gasteiger partial charge in [0.25, 0.3) is 0 Å². The fraction of sp³-hybridized carbons (Fsp3) is 0.270. The monoisotopic (exact) mass is 642 g/mol. The number of carbonyl (C=O) groups excluding carboxylic acids is 2. The Morgan fingerprint density at radius 3 is 1.98 bits per heavy atom. The van der Waals surface area contributed by atoms with E-state index >= 15 is 0 Å². The standard InChI is InChI=1S/C37H40F2N4O4/c1-23-16-31(17-24(2)34(23)42-36(44)46-4)41-22-27-12-15-33(39)28(19-27)8-6-7-9-29-20-32(18-25(3)35(29)43-37(45)47-5)40-21-26-10-13-30(38)14-11-26/h10-21,41H,6-9,22H2,1-5H3,(H,42,44)(H,43,45)/b40-21+. The van der Waals surface area contributed by atoms with Crippen molar-refractivity contribution < 1.29 is 27.8 Å². The highest BCUT2D eigenvalue weighted by Gasteiger charge is 2.13. The number of ether oxygens (including phenoxy) is 2. The zero-order valence-electron chi connectivity index (χ0n) is 27.3. The number of aliphatic imine (C=N–C) groups is 1. The largest absolute Gasteiger partial charge is 0.453 e. The molecule has 4 aromatic rings. The molecular formula is C37H40F2N4O4. The molecule has 0 heterocycles. The fourth-order valence-electron chi connectivity index (χ4n) is 5.32. The third-order valence-corrected chi connectivity index (χ3v) is 7.74. The molecule has 246 valence electrons. The second kappa shape index (κ2) is 16.4. The van der Waals surface area contributed by atoms with Crippen molar-refractivity contribution in [3.8, 4) is 0 Å². The molecule has 0 aliphatic rings. The van der Waals surface area contributed by atoms with E-state index in [9.17, 15) is 18.4 Å². The van der Waals surface area contributed by atoms with E-state index < -0.39 is 12.2 Å². The van der Waals surface area contributed by atoms with Crippen molar-refractivity contribution in [2.75, 3.05) is 30.2 Å². The number of amides is 2. The zero-order chi connectivity index (χ0) is 33.9. The molecule has 4 aromatic carbocycles. The Morgan fingerprint density at radius 2 is 1.34 bits per heavy atom. The lowest BCUT2D eigenvalue weighted by molar-refractivity contribution is 0.186. The lowest BCUT2D eigenvalue weighted by Crippen LogP contribution is -2.13. The molecule has 0 saturated carbocycles. The molecule has 0 atom stereocenters. The maximum atomic E-state index is 14.8. The Kier molecular flexibility index (Phi) is 12.0. The lowest BCUT2D eigenvalue weighted by atomic mass is 9.98. The highest BCUT2D eigenvalue weighted by molar-refractivity contribution is 5.88. The molecule has 0 bridgehead atoms. The first-order chi connectivity index (χ1) is 22.6. The van der Waals surface area contributed by atoms with Crippen LogP contribution in [0.4, 0.5) is 41.1 Å². The average Bonchev–Trinajstić information content (AvgIpc) is 3.05. The predicted octanol–water partition coefficient (Wildman–Crippen LogP) is 9.17. The van der Waals surface area contributed by atoms with E-state index in [0.717, 1.165) is 51.9 Å². The van der Waals surface area contributed by atoms with Gasteiger partial charge in [-0.1, -0.05) is 24.3 Å². The van der Waals surface area contributed by atoms with Gasteiger partial charge in [0.15, 0.2) is 0 Å². The van der Waals surface area contributed by atoms with Crippen LogP contribution in [0.3, 0.4) is 0 Å². The van der Waals surface area contributed by atoms with E-state index in [1.54, 1.807) is 24.4 Å². The van der Waals surface area contributed by atoms with Crippen LogP contribution < -0.4 is 16.0 Å². The maximum Gasteiger partial charge on any atom is 0.411 e. The minimum absolute atomic E-state index is 0.250. The number of halogens is 2. The molecule has 0 fully saturated rings. The van der Waals surface area contributed by atoms with Gasteiger partial charge in [-0.3, -0.25) is 15.6 Å². The summed E-state index contributed by atoms with van der Waals surface area (Å²) in [6.07, 6.45) is 3.22. The first-order valence-corrected chi connectivity index (χ1v) is 15.3. The summed E-state index contributed by atoms with van der Waals surface area (Å²) in [5.41, 5.74) is 8.79. The first kappa shape index (κ1) is 34.6. The molecule has 0 spiro atoms. The summed E-state index contributed by atoms with van der Waals surface area (Å²) in [5.74, 6) is -0.565. The van der Waals surface area contributed by atoms with Crippen molar-refractivity contribution in [2.24, 2.45) is 4.99 Å². The molecule has 0 radical (unpaired) electrons. The highest BCUT2D eigenvalue weighted by atomic mass is 19.1. The van der Waals surface area contributed by atoms with E-state index in [1.165, 1.54) is 32.4 Å². The Hall–Kier alpha value is -5.25. The highest BCUT2D eigenvalue weighted by Crippen LogP contribution is 2.30. The number of hydrogen-bond acceptors (Lipinski definition) is 6. The van der Waals surface area contributed by atoms with Gasteiger partial charge in [0, 0.05) is 24.1 Å². The van der Waals surface area contributed by atoms with Crippen LogP contribution in [0.5, 0.6) is 0 Å². The summed E-state index contributed by atoms with van der Waals surface area (Å²) >= 11 is 0. The summed E-state index contributed by atoms with van der Waals surface area (Å²) in [6.45, 7) is 6.21. The summed E-state index contributed by atoms with van der Waals surface area (Å²) in [5, 5.41) is 8.95. The normalized spacial score (nSPS) is 11.0. The van der Waals surface area contributed by atoms with Gasteiger partial charge in [-0.25, -0.2) is 18.4 Å². The molecule has 8 nitrogen and oxygen atoms in total. The molecule has 2 amide bonds. The molecule has 0 aliphatic carbocycles. The fourth-order valence-corrected chi connectivity index (χ4v) is 5.32. The van der Waals surface area contributed by atoms with Crippen LogP contribution in [-0.4, -0.2) is 32.6 Å². The van der Waals surface area contributed by atoms with Crippen molar-refractivity contribution in [2.45, 2.75) is 53.0 Å². The topological polar surface area (TPSA) is 101 Å². The van der Waals surface area contributed by atoms with Crippen LogP contribution in [0.25, 0.3) is 0 Å². The number of carbonyl (C=O) groups is 2. The second-order valence-electron chi connectivity index (χ2n) is 11.3. The number of aryl methyl sites for hydroxylation is 5. The molecule has 4 rings (SSSR count). The van der Waals surface area contributed by atoms with Gasteiger partial charge >= 0.3 is 12.2 Å². The van der Waals surface area contributed by atoms with Crippen molar-refractivity contribution in [3.63, 3.8) is 0 Å². The first-order valence-electron chi connectivity index (χ1n) is 15.3. The van der Waals surface area contributed by atoms with Crippen LogP contribution in [0, 0.1) is 32.4 Å². The molecule has 0 saturated heterocycles. The molecular weight excluding hydrogens is 602 g/mol. The van der Waals surface area contributed by atoms with E-state index in [-0.39, 0.29) is 11.6 Å². The van der Waals surface area contributed by atoms with Crippen LogP contribution in [0.1, 0.15) is 51.8 Å². The molecule has 47 heavy (non-hydrogen) atoms. The Bertz CT molecular complexity index is 1730. The molecule has 3 N–H and O–H groups in total. The molecule has 0 aliphatic heterocycles. The van der Waals surface area contributed by atoms with Crippen molar-refractivity contribution in [1.29, 1.82) is 0 Å². The van der Waals surface area contributed by atoms with E-state index in [4.69, 9.17) is 9.47 Å². The number of rotatable bonds is 12. The Labute approximate surface area is 274 Å². The Morgan fingerprint density at radius 1 is 0.745 bits per heavy atom. The third kappa shape index (κ3) is 9.87. The second-order valence-corrected chi connectivity index (χ2v) is 11.3. The van der Waals surface area contributed by atoms with Gasteiger partial charge in [0.1, 0.15) is 11.6 Å². The van der Waals surface area contributed by atoms with Crippen LogP contribution >= 0.6 is 0 Å². The number of benzene rings is 4. The van der Waals surface area contributed by atoms with Gasteiger partial charge in [-0.05, 0) is 128 Å². The van der Waals surface area contributed by atoms with Crippen molar-refractivity contribution in [3.05, 3.63) is 117 Å². The third-order valence-electron chi connectivity index (χ3n) is 7.74. The molecule has 0 unspecified atom stereocenters. The summed E-state index contributed by atoms with van der Waals surface area (Å²) in [6, 6.07) is 18.9. The van der Waals surface area contributed by atoms with Crippen LogP contribution in [0.15, 0.2) is 71.7 Å². The van der Waals surface area contributed by atoms with E-state index in [2.05, 4.69) is 20.9 Å². The minimum Gasteiger partial charge on any atom is -0.453 e. The van der Waals surface area contributed by atoms with Gasteiger partial charge in [0.05, 0.1) is 25.6 Å². The van der Waals surface area contributed by atoms with Gasteiger partial charge in [0.2, 0.25) is 0 Å². The number of methoxy groups -OCH3 is 2. The molecule has 10 heteroatoms.